The van der Waals surface area contributed by atoms with Crippen LogP contribution < -0.4 is 0 Å². The van der Waals surface area contributed by atoms with Gasteiger partial charge in [0.15, 0.2) is 5.82 Å². The van der Waals surface area contributed by atoms with Gasteiger partial charge in [-0.05, 0) is 36.8 Å². The van der Waals surface area contributed by atoms with Crippen LogP contribution in [0.5, 0.6) is 0 Å². The molecule has 3 aromatic rings. The summed E-state index contributed by atoms with van der Waals surface area (Å²) < 4.78 is 13.6. The molecule has 18 heavy (non-hydrogen) atoms. The minimum absolute atomic E-state index is 0.335. The maximum absolute atomic E-state index is 13.6. The zero-order valence-corrected chi connectivity index (χ0v) is 10.4. The van der Waals surface area contributed by atoms with Crippen LogP contribution in [-0.2, 0) is 0 Å². The Hall–Kier alpha value is -1.87. The van der Waals surface area contributed by atoms with Crippen molar-refractivity contribution in [2.24, 2.45) is 0 Å². The van der Waals surface area contributed by atoms with Crippen molar-refractivity contribution in [1.82, 2.24) is 9.97 Å². The van der Waals surface area contributed by atoms with Gasteiger partial charge in [-0.2, -0.15) is 0 Å². The highest BCUT2D eigenvalue weighted by atomic mass is 35.5. The first kappa shape index (κ1) is 11.2. The molecule has 0 aliphatic carbocycles. The second-order valence-corrected chi connectivity index (χ2v) is 4.61. The molecule has 0 spiro atoms. The molecule has 1 heterocycles. The van der Waals surface area contributed by atoms with Crippen molar-refractivity contribution in [3.63, 3.8) is 0 Å². The molecule has 0 fully saturated rings. The first-order chi connectivity index (χ1) is 8.65. The molecule has 2 nitrogen and oxygen atoms in total. The van der Waals surface area contributed by atoms with Gasteiger partial charge in [0.05, 0.1) is 10.5 Å². The van der Waals surface area contributed by atoms with Crippen LogP contribution in [0.25, 0.3) is 22.4 Å². The Morgan fingerprint density at radius 2 is 2.06 bits per heavy atom. The van der Waals surface area contributed by atoms with Crippen molar-refractivity contribution in [2.75, 3.05) is 0 Å². The van der Waals surface area contributed by atoms with Crippen LogP contribution >= 0.6 is 11.6 Å². The summed E-state index contributed by atoms with van der Waals surface area (Å²) in [5, 5.41) is 0.606. The van der Waals surface area contributed by atoms with Gasteiger partial charge in [0.25, 0.3) is 0 Å². The Morgan fingerprint density at radius 3 is 2.78 bits per heavy atom. The Kier molecular flexibility index (Phi) is 2.56. The van der Waals surface area contributed by atoms with Gasteiger partial charge in [0, 0.05) is 5.56 Å². The smallest absolute Gasteiger partial charge is 0.151 e. The number of halogens is 2. The summed E-state index contributed by atoms with van der Waals surface area (Å²) in [6.45, 7) is 1.97. The number of hydrogen-bond donors (Lipinski definition) is 1. The molecule has 0 amide bonds. The van der Waals surface area contributed by atoms with Crippen molar-refractivity contribution in [3.05, 3.63) is 52.8 Å². The molecule has 0 aliphatic heterocycles. The van der Waals surface area contributed by atoms with E-state index in [1.807, 2.05) is 25.1 Å². The molecule has 0 saturated carbocycles. The third kappa shape index (κ3) is 1.77. The Bertz CT molecular complexity index is 734. The molecule has 0 aliphatic rings. The Morgan fingerprint density at radius 1 is 1.22 bits per heavy atom. The summed E-state index contributed by atoms with van der Waals surface area (Å²) in [6, 6.07) is 10.5. The average Bonchev–Trinajstić information content (AvgIpc) is 2.74. The topological polar surface area (TPSA) is 28.7 Å². The summed E-state index contributed by atoms with van der Waals surface area (Å²) in [5.41, 5.74) is 2.86. The van der Waals surface area contributed by atoms with Gasteiger partial charge in [-0.15, -0.1) is 0 Å². The lowest BCUT2D eigenvalue weighted by Crippen LogP contribution is -1.83. The van der Waals surface area contributed by atoms with Gasteiger partial charge in [-0.1, -0.05) is 23.7 Å². The van der Waals surface area contributed by atoms with Gasteiger partial charge in [-0.3, -0.25) is 0 Å². The zero-order chi connectivity index (χ0) is 12.7. The van der Waals surface area contributed by atoms with Gasteiger partial charge in [0.1, 0.15) is 11.3 Å². The first-order valence-electron chi connectivity index (χ1n) is 5.56. The maximum atomic E-state index is 13.6. The monoisotopic (exact) mass is 260 g/mol. The zero-order valence-electron chi connectivity index (χ0n) is 9.67. The van der Waals surface area contributed by atoms with Gasteiger partial charge in [0.2, 0.25) is 0 Å². The standard InChI is InChI=1S/C14H10ClFN2/c1-8-5-6-9(10(15)7-8)14-17-12-4-2-3-11(16)13(12)18-14/h2-7H,1H3,(H,17,18). The molecule has 0 radical (unpaired) electrons. The summed E-state index contributed by atoms with van der Waals surface area (Å²) in [4.78, 5) is 7.34. The van der Waals surface area contributed by atoms with Crippen LogP contribution in [0.3, 0.4) is 0 Å². The molecule has 90 valence electrons. The normalized spacial score (nSPS) is 11.1. The quantitative estimate of drug-likeness (QED) is 0.693. The molecular weight excluding hydrogens is 251 g/mol. The van der Waals surface area contributed by atoms with Crippen molar-refractivity contribution in [3.8, 4) is 11.4 Å². The van der Waals surface area contributed by atoms with E-state index in [9.17, 15) is 4.39 Å². The number of nitrogens with one attached hydrogen (secondary N) is 1. The van der Waals surface area contributed by atoms with E-state index in [2.05, 4.69) is 9.97 Å². The molecule has 2 aromatic carbocycles. The fraction of sp³-hybridized carbons (Fsp3) is 0.0714. The number of rotatable bonds is 1. The number of hydrogen-bond acceptors (Lipinski definition) is 1. The highest BCUT2D eigenvalue weighted by Gasteiger charge is 2.11. The molecule has 1 aromatic heterocycles. The van der Waals surface area contributed by atoms with E-state index >= 15 is 0 Å². The third-order valence-electron chi connectivity index (χ3n) is 2.84. The van der Waals surface area contributed by atoms with Crippen LogP contribution in [0.4, 0.5) is 4.39 Å². The molecule has 4 heteroatoms. The van der Waals surface area contributed by atoms with E-state index in [1.165, 1.54) is 6.07 Å². The minimum atomic E-state index is -0.335. The van der Waals surface area contributed by atoms with Crippen LogP contribution in [-0.4, -0.2) is 9.97 Å². The molecule has 0 bridgehead atoms. The van der Waals surface area contributed by atoms with Gasteiger partial charge in [-0.25, -0.2) is 9.37 Å². The summed E-state index contributed by atoms with van der Waals surface area (Å²) >= 11 is 6.18. The lowest BCUT2D eigenvalue weighted by atomic mass is 10.1. The lowest BCUT2D eigenvalue weighted by Gasteiger charge is -2.01. The van der Waals surface area contributed by atoms with Crippen molar-refractivity contribution in [2.45, 2.75) is 6.92 Å². The number of nitrogens with zero attached hydrogens (tertiary/aromatic N) is 1. The maximum Gasteiger partial charge on any atom is 0.151 e. The number of benzene rings is 2. The van der Waals surface area contributed by atoms with E-state index in [1.54, 1.807) is 12.1 Å². The van der Waals surface area contributed by atoms with E-state index < -0.39 is 0 Å². The number of para-hydroxylation sites is 1. The van der Waals surface area contributed by atoms with Gasteiger partial charge < -0.3 is 4.98 Å². The van der Waals surface area contributed by atoms with E-state index in [4.69, 9.17) is 11.6 Å². The minimum Gasteiger partial charge on any atom is -0.338 e. The molecule has 0 saturated heterocycles. The van der Waals surface area contributed by atoms with E-state index in [0.29, 0.717) is 21.9 Å². The number of imidazole rings is 1. The average molecular weight is 261 g/mol. The predicted molar refractivity (Wildman–Crippen MR) is 71.2 cm³/mol. The van der Waals surface area contributed by atoms with Crippen LogP contribution in [0.2, 0.25) is 5.02 Å². The number of fused-ring (bicyclic) bond motifs is 1. The van der Waals surface area contributed by atoms with Crippen LogP contribution in [0.15, 0.2) is 36.4 Å². The number of H-pyrrole nitrogens is 1. The van der Waals surface area contributed by atoms with Crippen molar-refractivity contribution in [1.29, 1.82) is 0 Å². The van der Waals surface area contributed by atoms with E-state index in [-0.39, 0.29) is 5.82 Å². The second kappa shape index (κ2) is 4.10. The first-order valence-corrected chi connectivity index (χ1v) is 5.94. The molecule has 1 N–H and O–H groups in total. The molecular formula is C14H10ClFN2. The Labute approximate surface area is 108 Å². The molecule has 0 atom stereocenters. The van der Waals surface area contributed by atoms with Crippen molar-refractivity contribution >= 4 is 22.6 Å². The third-order valence-corrected chi connectivity index (χ3v) is 3.16. The highest BCUT2D eigenvalue weighted by molar-refractivity contribution is 6.33. The van der Waals surface area contributed by atoms with Crippen LogP contribution in [0, 0.1) is 12.7 Å². The fourth-order valence-electron chi connectivity index (χ4n) is 1.94. The fourth-order valence-corrected chi connectivity index (χ4v) is 2.26. The molecule has 3 rings (SSSR count). The highest BCUT2D eigenvalue weighted by Crippen LogP contribution is 2.28. The summed E-state index contributed by atoms with van der Waals surface area (Å²) in [6.07, 6.45) is 0. The second-order valence-electron chi connectivity index (χ2n) is 4.20. The largest absolute Gasteiger partial charge is 0.338 e. The van der Waals surface area contributed by atoms with Crippen molar-refractivity contribution < 1.29 is 4.39 Å². The summed E-state index contributed by atoms with van der Waals surface area (Å²) in [5.74, 6) is 0.248. The van der Waals surface area contributed by atoms with E-state index in [0.717, 1.165) is 11.1 Å². The van der Waals surface area contributed by atoms with Crippen LogP contribution in [0.1, 0.15) is 5.56 Å². The SMILES string of the molecule is Cc1ccc(-c2nc3c(F)cccc3[nH]2)c(Cl)c1. The number of aromatic nitrogens is 2. The predicted octanol–water partition coefficient (Wildman–Crippen LogP) is 4.33. The molecule has 0 unspecified atom stereocenters. The summed E-state index contributed by atoms with van der Waals surface area (Å²) in [7, 11) is 0. The number of aryl methyl sites for hydroxylation is 1. The Balaban J connectivity index is 2.23. The van der Waals surface area contributed by atoms with Gasteiger partial charge >= 0.3 is 0 Å². The number of aromatic amines is 1. The lowest BCUT2D eigenvalue weighted by molar-refractivity contribution is 0.637.